The van der Waals surface area contributed by atoms with Gasteiger partial charge in [-0.15, -0.1) is 0 Å². The van der Waals surface area contributed by atoms with Gasteiger partial charge in [0.2, 0.25) is 11.7 Å². The third-order valence-corrected chi connectivity index (χ3v) is 5.55. The van der Waals surface area contributed by atoms with Crippen molar-refractivity contribution in [3.8, 4) is 22.9 Å². The molecular weight excluding hydrogens is 432 g/mol. The third-order valence-electron chi connectivity index (χ3n) is 5.30. The van der Waals surface area contributed by atoms with Crippen LogP contribution in [0.3, 0.4) is 0 Å². The fraction of sp³-hybridized carbons (Fsp3) is 0.348. The number of ether oxygens (including phenoxy) is 2. The van der Waals surface area contributed by atoms with Crippen molar-refractivity contribution < 1.29 is 18.8 Å². The number of benzene rings is 2. The van der Waals surface area contributed by atoms with Crippen LogP contribution in [0.15, 0.2) is 47.0 Å². The largest absolute Gasteiger partial charge is 0.493 e. The molecule has 3 aromatic rings. The standard InChI is InChI=1S/C23H25ClN4O4/c1-3-31-19-9-6-17(14-20(19)30-2)23(29)28-12-10-27(11-13-28)15-21-25-22(26-32-21)16-4-7-18(24)8-5-16/h4-9,14H,3,10-13,15H2,1-2H3. The zero-order valence-electron chi connectivity index (χ0n) is 18.1. The number of hydrogen-bond acceptors (Lipinski definition) is 7. The van der Waals surface area contributed by atoms with E-state index >= 15 is 0 Å². The predicted octanol–water partition coefficient (Wildman–Crippen LogP) is 3.76. The molecule has 1 aliphatic rings. The van der Waals surface area contributed by atoms with Gasteiger partial charge >= 0.3 is 0 Å². The fourth-order valence-corrected chi connectivity index (χ4v) is 3.72. The summed E-state index contributed by atoms with van der Waals surface area (Å²) in [5.74, 6) is 2.26. The van der Waals surface area contributed by atoms with Crippen LogP contribution in [0.25, 0.3) is 11.4 Å². The van der Waals surface area contributed by atoms with Gasteiger partial charge in [-0.05, 0) is 49.4 Å². The number of nitrogens with zero attached hydrogens (tertiary/aromatic N) is 4. The maximum absolute atomic E-state index is 12.9. The van der Waals surface area contributed by atoms with Gasteiger partial charge in [-0.2, -0.15) is 4.98 Å². The summed E-state index contributed by atoms with van der Waals surface area (Å²) in [5.41, 5.74) is 1.44. The molecule has 0 radical (unpaired) electrons. The molecule has 32 heavy (non-hydrogen) atoms. The summed E-state index contributed by atoms with van der Waals surface area (Å²) in [6.07, 6.45) is 0. The monoisotopic (exact) mass is 456 g/mol. The van der Waals surface area contributed by atoms with Gasteiger partial charge in [0.05, 0.1) is 20.3 Å². The minimum absolute atomic E-state index is 0.0196. The summed E-state index contributed by atoms with van der Waals surface area (Å²) in [5, 5.41) is 4.72. The first-order chi connectivity index (χ1) is 15.6. The summed E-state index contributed by atoms with van der Waals surface area (Å²) in [6.45, 7) is 5.66. The maximum atomic E-state index is 12.9. The van der Waals surface area contributed by atoms with Crippen LogP contribution in [0.2, 0.25) is 5.02 Å². The summed E-state index contributed by atoms with van der Waals surface area (Å²) < 4.78 is 16.3. The second-order valence-corrected chi connectivity index (χ2v) is 7.82. The number of piperazine rings is 1. The van der Waals surface area contributed by atoms with Crippen molar-refractivity contribution in [1.82, 2.24) is 19.9 Å². The summed E-state index contributed by atoms with van der Waals surface area (Å²) in [6, 6.07) is 12.6. The number of aromatic nitrogens is 2. The van der Waals surface area contributed by atoms with E-state index in [1.165, 1.54) is 0 Å². The van der Waals surface area contributed by atoms with Crippen molar-refractivity contribution in [2.75, 3.05) is 39.9 Å². The normalized spacial score (nSPS) is 14.4. The van der Waals surface area contributed by atoms with Crippen LogP contribution in [0.5, 0.6) is 11.5 Å². The van der Waals surface area contributed by atoms with Gasteiger partial charge in [-0.3, -0.25) is 9.69 Å². The third kappa shape index (κ3) is 5.03. The quantitative estimate of drug-likeness (QED) is 0.535. The molecule has 1 aromatic heterocycles. The summed E-state index contributed by atoms with van der Waals surface area (Å²) >= 11 is 5.93. The highest BCUT2D eigenvalue weighted by atomic mass is 35.5. The molecule has 1 fully saturated rings. The highest BCUT2D eigenvalue weighted by Gasteiger charge is 2.24. The van der Waals surface area contributed by atoms with Crippen LogP contribution in [-0.4, -0.2) is 65.7 Å². The van der Waals surface area contributed by atoms with Crippen molar-refractivity contribution in [2.24, 2.45) is 0 Å². The molecule has 0 spiro atoms. The maximum Gasteiger partial charge on any atom is 0.254 e. The van der Waals surface area contributed by atoms with E-state index in [4.69, 9.17) is 25.6 Å². The van der Waals surface area contributed by atoms with Crippen molar-refractivity contribution in [1.29, 1.82) is 0 Å². The van der Waals surface area contributed by atoms with Gasteiger partial charge in [-0.1, -0.05) is 16.8 Å². The first-order valence-electron chi connectivity index (χ1n) is 10.5. The molecule has 0 unspecified atom stereocenters. The SMILES string of the molecule is CCOc1ccc(C(=O)N2CCN(Cc3nc(-c4ccc(Cl)cc4)no3)CC2)cc1OC. The van der Waals surface area contributed by atoms with Gasteiger partial charge < -0.3 is 18.9 Å². The second kappa shape index (κ2) is 10.0. The highest BCUT2D eigenvalue weighted by Crippen LogP contribution is 2.28. The van der Waals surface area contributed by atoms with E-state index < -0.39 is 0 Å². The van der Waals surface area contributed by atoms with Crippen molar-refractivity contribution in [3.05, 3.63) is 58.9 Å². The van der Waals surface area contributed by atoms with Crippen LogP contribution in [0, 0.1) is 0 Å². The highest BCUT2D eigenvalue weighted by molar-refractivity contribution is 6.30. The number of carbonyl (C=O) groups excluding carboxylic acids is 1. The molecule has 0 saturated carbocycles. The molecule has 4 rings (SSSR count). The summed E-state index contributed by atoms with van der Waals surface area (Å²) in [4.78, 5) is 21.5. The molecule has 0 atom stereocenters. The second-order valence-electron chi connectivity index (χ2n) is 7.39. The number of halogens is 1. The summed E-state index contributed by atoms with van der Waals surface area (Å²) in [7, 11) is 1.57. The molecule has 1 aliphatic heterocycles. The fourth-order valence-electron chi connectivity index (χ4n) is 3.59. The van der Waals surface area contributed by atoms with Crippen LogP contribution in [0.4, 0.5) is 0 Å². The van der Waals surface area contributed by atoms with E-state index in [1.807, 2.05) is 24.0 Å². The van der Waals surface area contributed by atoms with E-state index in [2.05, 4.69) is 15.0 Å². The number of carbonyl (C=O) groups is 1. The van der Waals surface area contributed by atoms with E-state index in [9.17, 15) is 4.79 Å². The van der Waals surface area contributed by atoms with Gasteiger partial charge in [0.1, 0.15) is 0 Å². The molecule has 9 heteroatoms. The molecule has 2 heterocycles. The van der Waals surface area contributed by atoms with E-state index in [0.717, 1.165) is 18.7 Å². The first kappa shape index (κ1) is 22.1. The van der Waals surface area contributed by atoms with Crippen LogP contribution in [-0.2, 0) is 6.54 Å². The van der Waals surface area contributed by atoms with Gasteiger partial charge in [0, 0.05) is 42.3 Å². The lowest BCUT2D eigenvalue weighted by molar-refractivity contribution is 0.0614. The number of rotatable bonds is 7. The van der Waals surface area contributed by atoms with Gasteiger partial charge in [0.25, 0.3) is 5.91 Å². The average Bonchev–Trinajstić information content (AvgIpc) is 3.28. The zero-order chi connectivity index (χ0) is 22.5. The molecule has 1 amide bonds. The number of hydrogen-bond donors (Lipinski definition) is 0. The predicted molar refractivity (Wildman–Crippen MR) is 120 cm³/mol. The van der Waals surface area contributed by atoms with E-state index in [-0.39, 0.29) is 5.91 Å². The Labute approximate surface area is 191 Å². The molecule has 2 aromatic carbocycles. The minimum atomic E-state index is -0.0196. The van der Waals surface area contributed by atoms with E-state index in [1.54, 1.807) is 37.4 Å². The molecular formula is C23H25ClN4O4. The van der Waals surface area contributed by atoms with Gasteiger partial charge in [0.15, 0.2) is 11.5 Å². The lowest BCUT2D eigenvalue weighted by atomic mass is 10.1. The zero-order valence-corrected chi connectivity index (χ0v) is 18.8. The molecule has 0 bridgehead atoms. The van der Waals surface area contributed by atoms with Crippen molar-refractivity contribution >= 4 is 17.5 Å². The van der Waals surface area contributed by atoms with E-state index in [0.29, 0.717) is 60.0 Å². The van der Waals surface area contributed by atoms with Crippen LogP contribution in [0.1, 0.15) is 23.2 Å². The Morgan fingerprint density at radius 3 is 2.53 bits per heavy atom. The Morgan fingerprint density at radius 2 is 1.84 bits per heavy atom. The number of amides is 1. The minimum Gasteiger partial charge on any atom is -0.493 e. The molecule has 168 valence electrons. The molecule has 8 nitrogen and oxygen atoms in total. The first-order valence-corrected chi connectivity index (χ1v) is 10.9. The lowest BCUT2D eigenvalue weighted by Gasteiger charge is -2.34. The average molecular weight is 457 g/mol. The van der Waals surface area contributed by atoms with Crippen LogP contribution < -0.4 is 9.47 Å². The topological polar surface area (TPSA) is 80.9 Å². The Kier molecular flexibility index (Phi) is 6.92. The Bertz CT molecular complexity index is 1060. The smallest absolute Gasteiger partial charge is 0.254 e. The molecule has 0 N–H and O–H groups in total. The molecule has 0 aliphatic carbocycles. The van der Waals surface area contributed by atoms with Crippen molar-refractivity contribution in [3.63, 3.8) is 0 Å². The lowest BCUT2D eigenvalue weighted by Crippen LogP contribution is -2.48. The Balaban J connectivity index is 1.33. The van der Waals surface area contributed by atoms with Crippen LogP contribution >= 0.6 is 11.6 Å². The number of methoxy groups -OCH3 is 1. The van der Waals surface area contributed by atoms with Crippen molar-refractivity contribution in [2.45, 2.75) is 13.5 Å². The molecule has 1 saturated heterocycles. The van der Waals surface area contributed by atoms with Gasteiger partial charge in [-0.25, -0.2) is 0 Å². The Morgan fingerprint density at radius 1 is 1.09 bits per heavy atom. The Hall–Kier alpha value is -3.10.